The molecule has 7 heteroatoms. The Balaban J connectivity index is 1.82. The minimum Gasteiger partial charge on any atom is -0.493 e. The van der Waals surface area contributed by atoms with Crippen molar-refractivity contribution in [1.29, 1.82) is 0 Å². The highest BCUT2D eigenvalue weighted by atomic mass is 16.5. The van der Waals surface area contributed by atoms with Crippen molar-refractivity contribution in [3.05, 3.63) is 35.0 Å². The van der Waals surface area contributed by atoms with Gasteiger partial charge >= 0.3 is 0 Å². The van der Waals surface area contributed by atoms with Crippen LogP contribution in [0, 0.1) is 6.92 Å². The lowest BCUT2D eigenvalue weighted by Gasteiger charge is -2.30. The zero-order valence-corrected chi connectivity index (χ0v) is 15.8. The number of nitrogens with one attached hydrogen (secondary N) is 1. The van der Waals surface area contributed by atoms with E-state index in [0.29, 0.717) is 19.1 Å². The third kappa shape index (κ3) is 3.99. The molecule has 0 spiro atoms. The molecule has 3 rings (SSSR count). The molecule has 140 valence electrons. The van der Waals surface area contributed by atoms with Crippen molar-refractivity contribution in [2.75, 3.05) is 51.2 Å². The Kier molecular flexibility index (Phi) is 5.78. The fourth-order valence-corrected chi connectivity index (χ4v) is 3.14. The molecule has 0 radical (unpaired) electrons. The van der Waals surface area contributed by atoms with E-state index in [2.05, 4.69) is 32.3 Å². The summed E-state index contributed by atoms with van der Waals surface area (Å²) in [5.74, 6) is 3.10. The summed E-state index contributed by atoms with van der Waals surface area (Å²) < 4.78 is 15.9. The quantitative estimate of drug-likeness (QED) is 0.762. The van der Waals surface area contributed by atoms with Crippen LogP contribution in [0.5, 0.6) is 11.5 Å². The first-order chi connectivity index (χ1) is 12.6. The first kappa shape index (κ1) is 18.3. The first-order valence-electron chi connectivity index (χ1n) is 8.71. The van der Waals surface area contributed by atoms with Crippen LogP contribution in [0.1, 0.15) is 16.8 Å². The maximum absolute atomic E-state index is 5.45. The van der Waals surface area contributed by atoms with Crippen LogP contribution >= 0.6 is 0 Å². The topological polar surface area (TPSA) is 68.7 Å². The van der Waals surface area contributed by atoms with Gasteiger partial charge in [-0.25, -0.2) is 4.98 Å². The summed E-state index contributed by atoms with van der Waals surface area (Å²) in [6, 6.07) is 6.16. The normalized spacial score (nSPS) is 13.3. The molecule has 1 aliphatic heterocycles. The molecule has 0 unspecified atom stereocenters. The summed E-state index contributed by atoms with van der Waals surface area (Å²) in [5.41, 5.74) is 3.47. The van der Waals surface area contributed by atoms with Crippen molar-refractivity contribution in [2.24, 2.45) is 0 Å². The van der Waals surface area contributed by atoms with E-state index >= 15 is 0 Å². The molecule has 0 bridgehead atoms. The summed E-state index contributed by atoms with van der Waals surface area (Å²) in [5, 5.41) is 3.21. The molecule has 0 saturated heterocycles. The highest BCUT2D eigenvalue weighted by Gasteiger charge is 2.21. The number of ether oxygens (including phenoxy) is 3. The van der Waals surface area contributed by atoms with E-state index in [-0.39, 0.29) is 0 Å². The maximum atomic E-state index is 5.45. The molecule has 2 aromatic rings. The molecular weight excluding hydrogens is 332 g/mol. The molecule has 1 aromatic carbocycles. The number of methoxy groups -OCH3 is 3. The van der Waals surface area contributed by atoms with Crippen LogP contribution in [0.25, 0.3) is 0 Å². The van der Waals surface area contributed by atoms with E-state index in [1.807, 2.05) is 13.0 Å². The van der Waals surface area contributed by atoms with E-state index in [0.717, 1.165) is 42.5 Å². The zero-order chi connectivity index (χ0) is 18.5. The average Bonchev–Trinajstić information content (AvgIpc) is 2.66. The van der Waals surface area contributed by atoms with Crippen LogP contribution in [0.3, 0.4) is 0 Å². The van der Waals surface area contributed by atoms with Crippen LogP contribution in [0.4, 0.5) is 11.8 Å². The molecule has 26 heavy (non-hydrogen) atoms. The molecular formula is C19H26N4O3. The van der Waals surface area contributed by atoms with Gasteiger partial charge < -0.3 is 24.4 Å². The second kappa shape index (κ2) is 8.23. The molecule has 1 N–H and O–H groups in total. The lowest BCUT2D eigenvalue weighted by atomic mass is 9.99. The molecule has 0 fully saturated rings. The predicted molar refractivity (Wildman–Crippen MR) is 101 cm³/mol. The smallest absolute Gasteiger partial charge is 0.224 e. The molecule has 1 aliphatic rings. The fourth-order valence-electron chi connectivity index (χ4n) is 3.14. The summed E-state index contributed by atoms with van der Waals surface area (Å²) in [6.07, 6.45) is 0.936. The monoisotopic (exact) mass is 358 g/mol. The van der Waals surface area contributed by atoms with Crippen molar-refractivity contribution >= 4 is 11.8 Å². The van der Waals surface area contributed by atoms with Gasteiger partial charge in [-0.15, -0.1) is 0 Å². The molecule has 2 heterocycles. The summed E-state index contributed by atoms with van der Waals surface area (Å²) in [7, 11) is 5.01. The Labute approximate surface area is 154 Å². The Morgan fingerprint density at radius 1 is 1.04 bits per heavy atom. The van der Waals surface area contributed by atoms with Gasteiger partial charge in [0.05, 0.1) is 20.8 Å². The number of aromatic nitrogens is 2. The first-order valence-corrected chi connectivity index (χ1v) is 8.71. The Morgan fingerprint density at radius 3 is 2.46 bits per heavy atom. The van der Waals surface area contributed by atoms with Gasteiger partial charge in [-0.1, -0.05) is 0 Å². The van der Waals surface area contributed by atoms with E-state index in [1.54, 1.807) is 21.3 Å². The zero-order valence-electron chi connectivity index (χ0n) is 15.8. The SMILES string of the molecule is COCCNc1nc(C)cc(N2CCc3cc(OC)c(OC)cc3C2)n1. The highest BCUT2D eigenvalue weighted by molar-refractivity contribution is 5.53. The molecule has 0 saturated carbocycles. The van der Waals surface area contributed by atoms with Crippen LogP contribution in [0.15, 0.2) is 18.2 Å². The maximum Gasteiger partial charge on any atom is 0.224 e. The molecule has 7 nitrogen and oxygen atoms in total. The van der Waals surface area contributed by atoms with E-state index in [9.17, 15) is 0 Å². The lowest BCUT2D eigenvalue weighted by Crippen LogP contribution is -2.31. The van der Waals surface area contributed by atoms with Gasteiger partial charge in [0.25, 0.3) is 0 Å². The van der Waals surface area contributed by atoms with E-state index in [4.69, 9.17) is 14.2 Å². The number of fused-ring (bicyclic) bond motifs is 1. The van der Waals surface area contributed by atoms with Gasteiger partial charge in [-0.3, -0.25) is 0 Å². The van der Waals surface area contributed by atoms with Crippen LogP contribution < -0.4 is 19.7 Å². The molecule has 0 atom stereocenters. The number of anilines is 2. The fraction of sp³-hybridized carbons (Fsp3) is 0.474. The van der Waals surface area contributed by atoms with Crippen LogP contribution in [-0.2, 0) is 17.7 Å². The van der Waals surface area contributed by atoms with Crippen molar-refractivity contribution < 1.29 is 14.2 Å². The largest absolute Gasteiger partial charge is 0.493 e. The van der Waals surface area contributed by atoms with Crippen molar-refractivity contribution in [2.45, 2.75) is 19.9 Å². The lowest BCUT2D eigenvalue weighted by molar-refractivity contribution is 0.210. The van der Waals surface area contributed by atoms with Crippen LogP contribution in [0.2, 0.25) is 0 Å². The minimum atomic E-state index is 0.616. The summed E-state index contributed by atoms with van der Waals surface area (Å²) in [6.45, 7) is 4.96. The third-order valence-corrected chi connectivity index (χ3v) is 4.47. The van der Waals surface area contributed by atoms with Gasteiger partial charge in [0.1, 0.15) is 5.82 Å². The van der Waals surface area contributed by atoms with Gasteiger partial charge in [-0.2, -0.15) is 4.98 Å². The average molecular weight is 358 g/mol. The predicted octanol–water partition coefficient (Wildman–Crippen LogP) is 2.42. The van der Waals surface area contributed by atoms with Gasteiger partial charge in [0, 0.05) is 38.5 Å². The highest BCUT2D eigenvalue weighted by Crippen LogP contribution is 2.34. The number of hydrogen-bond acceptors (Lipinski definition) is 7. The third-order valence-electron chi connectivity index (χ3n) is 4.47. The molecule has 0 amide bonds. The van der Waals surface area contributed by atoms with Crippen molar-refractivity contribution in [3.63, 3.8) is 0 Å². The molecule has 1 aromatic heterocycles. The standard InChI is InChI=1S/C19H26N4O3/c1-13-9-18(22-19(21-13)20-6-8-24-2)23-7-5-14-10-16(25-3)17(26-4)11-15(14)12-23/h9-11H,5-8,12H2,1-4H3,(H,20,21,22). The second-order valence-corrected chi connectivity index (χ2v) is 6.26. The number of rotatable bonds is 7. The van der Waals surface area contributed by atoms with E-state index in [1.165, 1.54) is 11.1 Å². The number of aryl methyl sites for hydroxylation is 1. The minimum absolute atomic E-state index is 0.616. The van der Waals surface area contributed by atoms with Crippen molar-refractivity contribution in [1.82, 2.24) is 9.97 Å². The Bertz CT molecular complexity index is 767. The Hall–Kier alpha value is -2.54. The second-order valence-electron chi connectivity index (χ2n) is 6.26. The number of benzene rings is 1. The van der Waals surface area contributed by atoms with Crippen molar-refractivity contribution in [3.8, 4) is 11.5 Å². The van der Waals surface area contributed by atoms with Gasteiger partial charge in [0.15, 0.2) is 11.5 Å². The van der Waals surface area contributed by atoms with Crippen LogP contribution in [-0.4, -0.2) is 51.0 Å². The van der Waals surface area contributed by atoms with E-state index < -0.39 is 0 Å². The number of nitrogens with zero attached hydrogens (tertiary/aromatic N) is 3. The number of hydrogen-bond donors (Lipinski definition) is 1. The van der Waals surface area contributed by atoms with Gasteiger partial charge in [-0.05, 0) is 36.6 Å². The summed E-state index contributed by atoms with van der Waals surface area (Å²) >= 11 is 0. The summed E-state index contributed by atoms with van der Waals surface area (Å²) in [4.78, 5) is 11.4. The Morgan fingerprint density at radius 2 is 1.77 bits per heavy atom. The molecule has 0 aliphatic carbocycles. The van der Waals surface area contributed by atoms with Gasteiger partial charge in [0.2, 0.25) is 5.95 Å².